The summed E-state index contributed by atoms with van der Waals surface area (Å²) in [4.78, 5) is 8.54. The van der Waals surface area contributed by atoms with Crippen molar-refractivity contribution < 1.29 is 0 Å². The van der Waals surface area contributed by atoms with E-state index in [4.69, 9.17) is 0 Å². The van der Waals surface area contributed by atoms with E-state index >= 15 is 0 Å². The molecule has 1 atom stereocenters. The summed E-state index contributed by atoms with van der Waals surface area (Å²) in [7, 11) is 1.89. The van der Waals surface area contributed by atoms with Crippen molar-refractivity contribution in [3.8, 4) is 0 Å². The van der Waals surface area contributed by atoms with Crippen molar-refractivity contribution in [1.82, 2.24) is 19.7 Å². The standard InChI is InChI=1S/C12H19N5S/c1-4-18-6-5-9(2)16-11-10-7-15-17(3)12(10)14-8-13-11/h7-9H,4-6H2,1-3H3,(H,13,14,16). The molecular formula is C12H19N5S. The molecule has 18 heavy (non-hydrogen) atoms. The average Bonchev–Trinajstić information content (AvgIpc) is 2.73. The van der Waals surface area contributed by atoms with Gasteiger partial charge in [-0.2, -0.15) is 16.9 Å². The number of aromatic nitrogens is 4. The fourth-order valence-electron chi connectivity index (χ4n) is 1.79. The summed E-state index contributed by atoms with van der Waals surface area (Å²) in [5.41, 5.74) is 0.864. The lowest BCUT2D eigenvalue weighted by Gasteiger charge is -2.14. The first-order valence-electron chi connectivity index (χ1n) is 6.19. The molecule has 0 radical (unpaired) electrons. The second kappa shape index (κ2) is 6.04. The highest BCUT2D eigenvalue weighted by atomic mass is 32.2. The molecule has 1 unspecified atom stereocenters. The zero-order chi connectivity index (χ0) is 13.0. The van der Waals surface area contributed by atoms with Crippen molar-refractivity contribution in [3.63, 3.8) is 0 Å². The number of rotatable bonds is 6. The van der Waals surface area contributed by atoms with E-state index in [9.17, 15) is 0 Å². The summed E-state index contributed by atoms with van der Waals surface area (Å²) in [6.45, 7) is 4.37. The van der Waals surface area contributed by atoms with Crippen LogP contribution in [-0.4, -0.2) is 37.3 Å². The number of nitrogens with one attached hydrogen (secondary N) is 1. The minimum atomic E-state index is 0.405. The van der Waals surface area contributed by atoms with Crippen LogP contribution in [0.4, 0.5) is 5.82 Å². The molecule has 0 fully saturated rings. The lowest BCUT2D eigenvalue weighted by Crippen LogP contribution is -2.17. The van der Waals surface area contributed by atoms with E-state index in [1.54, 1.807) is 11.0 Å². The van der Waals surface area contributed by atoms with Gasteiger partial charge in [-0.15, -0.1) is 0 Å². The molecule has 5 nitrogen and oxygen atoms in total. The predicted octanol–water partition coefficient (Wildman–Crippen LogP) is 2.31. The summed E-state index contributed by atoms with van der Waals surface area (Å²) in [5, 5.41) is 8.63. The summed E-state index contributed by atoms with van der Waals surface area (Å²) in [5.74, 6) is 3.22. The highest BCUT2D eigenvalue weighted by molar-refractivity contribution is 7.99. The van der Waals surface area contributed by atoms with Gasteiger partial charge in [0.1, 0.15) is 12.1 Å². The van der Waals surface area contributed by atoms with Gasteiger partial charge in [-0.25, -0.2) is 9.97 Å². The van der Waals surface area contributed by atoms with Crippen molar-refractivity contribution in [2.24, 2.45) is 7.05 Å². The van der Waals surface area contributed by atoms with Gasteiger partial charge in [0, 0.05) is 13.1 Å². The third-order valence-corrected chi connectivity index (χ3v) is 3.74. The third-order valence-electron chi connectivity index (χ3n) is 2.81. The molecular weight excluding hydrogens is 246 g/mol. The highest BCUT2D eigenvalue weighted by Crippen LogP contribution is 2.19. The maximum atomic E-state index is 4.31. The van der Waals surface area contributed by atoms with E-state index in [-0.39, 0.29) is 0 Å². The Hall–Kier alpha value is -1.30. The smallest absolute Gasteiger partial charge is 0.163 e. The second-order valence-electron chi connectivity index (χ2n) is 4.26. The maximum absolute atomic E-state index is 4.31. The van der Waals surface area contributed by atoms with Crippen LogP contribution in [0.25, 0.3) is 11.0 Å². The zero-order valence-electron chi connectivity index (χ0n) is 11.1. The average molecular weight is 265 g/mol. The molecule has 0 spiro atoms. The molecule has 0 amide bonds. The summed E-state index contributed by atoms with van der Waals surface area (Å²) < 4.78 is 1.76. The molecule has 0 aliphatic heterocycles. The number of anilines is 1. The monoisotopic (exact) mass is 265 g/mol. The molecule has 2 aromatic heterocycles. The Kier molecular flexibility index (Phi) is 4.41. The van der Waals surface area contributed by atoms with Gasteiger partial charge in [0.25, 0.3) is 0 Å². The van der Waals surface area contributed by atoms with E-state index in [0.717, 1.165) is 23.3 Å². The van der Waals surface area contributed by atoms with Gasteiger partial charge in [0.2, 0.25) is 0 Å². The molecule has 0 saturated carbocycles. The number of nitrogens with zero attached hydrogens (tertiary/aromatic N) is 4. The SMILES string of the molecule is CCSCCC(C)Nc1ncnc2c1cnn2C. The van der Waals surface area contributed by atoms with Gasteiger partial charge in [-0.1, -0.05) is 6.92 Å². The van der Waals surface area contributed by atoms with Gasteiger partial charge >= 0.3 is 0 Å². The minimum absolute atomic E-state index is 0.405. The Morgan fingerprint density at radius 1 is 1.44 bits per heavy atom. The van der Waals surface area contributed by atoms with E-state index in [0.29, 0.717) is 6.04 Å². The topological polar surface area (TPSA) is 55.6 Å². The molecule has 6 heteroatoms. The third kappa shape index (κ3) is 2.93. The molecule has 2 rings (SSSR count). The van der Waals surface area contributed by atoms with Crippen molar-refractivity contribution in [3.05, 3.63) is 12.5 Å². The van der Waals surface area contributed by atoms with Crippen molar-refractivity contribution >= 4 is 28.6 Å². The Labute approximate surface area is 111 Å². The Balaban J connectivity index is 2.07. The van der Waals surface area contributed by atoms with Crippen LogP contribution in [-0.2, 0) is 7.05 Å². The van der Waals surface area contributed by atoms with Crippen LogP contribution in [0.15, 0.2) is 12.5 Å². The minimum Gasteiger partial charge on any atom is -0.367 e. The lowest BCUT2D eigenvalue weighted by molar-refractivity contribution is 0.766. The normalized spacial score (nSPS) is 12.8. The van der Waals surface area contributed by atoms with Crippen LogP contribution < -0.4 is 5.32 Å². The number of hydrogen-bond donors (Lipinski definition) is 1. The molecule has 98 valence electrons. The zero-order valence-corrected chi connectivity index (χ0v) is 11.9. The molecule has 0 bridgehead atoms. The molecule has 0 aliphatic carbocycles. The Morgan fingerprint density at radius 2 is 2.28 bits per heavy atom. The van der Waals surface area contributed by atoms with Crippen molar-refractivity contribution in [2.45, 2.75) is 26.3 Å². The second-order valence-corrected chi connectivity index (χ2v) is 5.65. The van der Waals surface area contributed by atoms with Crippen LogP contribution in [0.2, 0.25) is 0 Å². The molecule has 2 aromatic rings. The molecule has 2 heterocycles. The maximum Gasteiger partial charge on any atom is 0.163 e. The predicted molar refractivity (Wildman–Crippen MR) is 77.0 cm³/mol. The summed E-state index contributed by atoms with van der Waals surface area (Å²) in [6.07, 6.45) is 4.52. The van der Waals surface area contributed by atoms with Gasteiger partial charge in [-0.05, 0) is 24.9 Å². The first-order valence-corrected chi connectivity index (χ1v) is 7.34. The first kappa shape index (κ1) is 13.1. The van der Waals surface area contributed by atoms with Crippen LogP contribution in [0, 0.1) is 0 Å². The molecule has 1 N–H and O–H groups in total. The van der Waals surface area contributed by atoms with E-state index < -0.39 is 0 Å². The Morgan fingerprint density at radius 3 is 3.06 bits per heavy atom. The van der Waals surface area contributed by atoms with Crippen LogP contribution in [0.3, 0.4) is 0 Å². The van der Waals surface area contributed by atoms with Crippen LogP contribution >= 0.6 is 11.8 Å². The van der Waals surface area contributed by atoms with Gasteiger partial charge in [0.05, 0.1) is 11.6 Å². The molecule has 0 aromatic carbocycles. The lowest BCUT2D eigenvalue weighted by atomic mass is 10.2. The largest absolute Gasteiger partial charge is 0.367 e. The fourth-order valence-corrected chi connectivity index (χ4v) is 2.60. The van der Waals surface area contributed by atoms with Gasteiger partial charge in [0.15, 0.2) is 5.65 Å². The van der Waals surface area contributed by atoms with Crippen LogP contribution in [0.5, 0.6) is 0 Å². The molecule has 0 aliphatic rings. The summed E-state index contributed by atoms with van der Waals surface area (Å²) in [6, 6.07) is 0.405. The highest BCUT2D eigenvalue weighted by Gasteiger charge is 2.09. The number of thioether (sulfide) groups is 1. The Bertz CT molecular complexity index is 510. The number of aryl methyl sites for hydroxylation is 1. The van der Waals surface area contributed by atoms with Gasteiger partial charge < -0.3 is 5.32 Å². The number of fused-ring (bicyclic) bond motifs is 1. The first-order chi connectivity index (χ1) is 8.72. The van der Waals surface area contributed by atoms with E-state index in [1.165, 1.54) is 11.5 Å². The molecule has 0 saturated heterocycles. The van der Waals surface area contributed by atoms with Gasteiger partial charge in [-0.3, -0.25) is 4.68 Å². The van der Waals surface area contributed by atoms with Crippen LogP contribution in [0.1, 0.15) is 20.3 Å². The van der Waals surface area contributed by atoms with E-state index in [2.05, 4.69) is 34.2 Å². The quantitative estimate of drug-likeness (QED) is 0.812. The number of hydrogen-bond acceptors (Lipinski definition) is 5. The fraction of sp³-hybridized carbons (Fsp3) is 0.583. The van der Waals surface area contributed by atoms with Crippen molar-refractivity contribution in [2.75, 3.05) is 16.8 Å². The van der Waals surface area contributed by atoms with Crippen molar-refractivity contribution in [1.29, 1.82) is 0 Å². The van der Waals surface area contributed by atoms with E-state index in [1.807, 2.05) is 25.0 Å². The summed E-state index contributed by atoms with van der Waals surface area (Å²) >= 11 is 1.97.